The Morgan fingerprint density at radius 2 is 1.61 bits per heavy atom. The van der Waals surface area contributed by atoms with E-state index in [4.69, 9.17) is 4.28 Å². The fraction of sp³-hybridized carbons (Fsp3) is 0.125. The van der Waals surface area contributed by atoms with Gasteiger partial charge < -0.3 is 4.74 Å². The number of carbonyl (C=O) groups excluding carboxylic acids is 1. The molecule has 0 atom stereocenters. The molecule has 2 aromatic rings. The standard InChI is InChI=1S/C16H15NO5S/c1-12-8-6-7-11-14(12)23(19,20)22-17-15(16(18)21-2)13-9-4-3-5-10-13/h3-11H,1-2H3. The lowest BCUT2D eigenvalue weighted by Gasteiger charge is -2.07. The van der Waals surface area contributed by atoms with Crippen LogP contribution in [-0.2, 0) is 23.9 Å². The van der Waals surface area contributed by atoms with E-state index in [9.17, 15) is 13.2 Å². The van der Waals surface area contributed by atoms with E-state index >= 15 is 0 Å². The molecule has 6 nitrogen and oxygen atoms in total. The molecule has 0 bridgehead atoms. The second-order valence-electron chi connectivity index (χ2n) is 4.59. The first-order valence-electron chi connectivity index (χ1n) is 6.66. The van der Waals surface area contributed by atoms with Crippen LogP contribution in [0.15, 0.2) is 64.6 Å². The summed E-state index contributed by atoms with van der Waals surface area (Å²) in [6.45, 7) is 1.64. The maximum atomic E-state index is 12.2. The topological polar surface area (TPSA) is 82.0 Å². The molecule has 0 fully saturated rings. The van der Waals surface area contributed by atoms with Crippen molar-refractivity contribution in [2.45, 2.75) is 11.8 Å². The van der Waals surface area contributed by atoms with Crippen molar-refractivity contribution in [3.8, 4) is 0 Å². The summed E-state index contributed by atoms with van der Waals surface area (Å²) in [5.41, 5.74) is 0.673. The van der Waals surface area contributed by atoms with Crippen molar-refractivity contribution in [3.63, 3.8) is 0 Å². The molecule has 0 aliphatic carbocycles. The monoisotopic (exact) mass is 333 g/mol. The number of hydrogen-bond acceptors (Lipinski definition) is 6. The van der Waals surface area contributed by atoms with Gasteiger partial charge in [-0.3, -0.25) is 4.28 Å². The van der Waals surface area contributed by atoms with E-state index < -0.39 is 16.1 Å². The number of nitrogens with zero attached hydrogens (tertiary/aromatic N) is 1. The molecule has 23 heavy (non-hydrogen) atoms. The van der Waals surface area contributed by atoms with E-state index in [1.807, 2.05) is 0 Å². The summed E-state index contributed by atoms with van der Waals surface area (Å²) in [5, 5.41) is 3.51. The Morgan fingerprint density at radius 1 is 1.00 bits per heavy atom. The molecule has 0 saturated carbocycles. The van der Waals surface area contributed by atoms with Crippen LogP contribution in [0.2, 0.25) is 0 Å². The lowest BCUT2D eigenvalue weighted by atomic mass is 10.1. The number of aryl methyl sites for hydroxylation is 1. The predicted molar refractivity (Wildman–Crippen MR) is 84.4 cm³/mol. The number of ether oxygens (including phenoxy) is 1. The van der Waals surface area contributed by atoms with Crippen molar-refractivity contribution in [2.24, 2.45) is 5.16 Å². The normalized spacial score (nSPS) is 11.8. The summed E-state index contributed by atoms with van der Waals surface area (Å²) in [4.78, 5) is 11.8. The summed E-state index contributed by atoms with van der Waals surface area (Å²) >= 11 is 0. The first-order valence-corrected chi connectivity index (χ1v) is 8.07. The molecule has 0 amide bonds. The molecule has 0 saturated heterocycles. The second kappa shape index (κ2) is 7.06. The quantitative estimate of drug-likeness (QED) is 0.476. The van der Waals surface area contributed by atoms with Gasteiger partial charge in [-0.1, -0.05) is 53.7 Å². The first kappa shape index (κ1) is 16.7. The Bertz CT molecular complexity index is 829. The van der Waals surface area contributed by atoms with Crippen molar-refractivity contribution in [1.82, 2.24) is 0 Å². The predicted octanol–water partition coefficient (Wildman–Crippen LogP) is 2.28. The highest BCUT2D eigenvalue weighted by Gasteiger charge is 2.21. The van der Waals surface area contributed by atoms with E-state index in [-0.39, 0.29) is 10.6 Å². The maximum Gasteiger partial charge on any atom is 0.360 e. The third kappa shape index (κ3) is 3.95. The minimum absolute atomic E-state index is 0.0129. The van der Waals surface area contributed by atoms with Gasteiger partial charge in [-0.25, -0.2) is 4.79 Å². The minimum Gasteiger partial charge on any atom is -0.464 e. The van der Waals surface area contributed by atoms with Gasteiger partial charge in [-0.15, -0.1) is 0 Å². The van der Waals surface area contributed by atoms with E-state index in [1.165, 1.54) is 13.2 Å². The number of rotatable bonds is 5. The number of benzene rings is 2. The summed E-state index contributed by atoms with van der Waals surface area (Å²) < 4.78 is 33.7. The molecule has 0 N–H and O–H groups in total. The molecule has 120 valence electrons. The molecule has 0 spiro atoms. The lowest BCUT2D eigenvalue weighted by Crippen LogP contribution is -2.18. The molecule has 2 aromatic carbocycles. The van der Waals surface area contributed by atoms with E-state index in [2.05, 4.69) is 9.89 Å². The van der Waals surface area contributed by atoms with Gasteiger partial charge in [-0.05, 0) is 18.6 Å². The van der Waals surface area contributed by atoms with Gasteiger partial charge in [0.15, 0.2) is 5.71 Å². The average molecular weight is 333 g/mol. The van der Waals surface area contributed by atoms with Crippen LogP contribution >= 0.6 is 0 Å². The average Bonchev–Trinajstić information content (AvgIpc) is 2.56. The zero-order valence-electron chi connectivity index (χ0n) is 12.6. The first-order chi connectivity index (χ1) is 11.0. The molecule has 0 radical (unpaired) electrons. The second-order valence-corrected chi connectivity index (χ2v) is 6.09. The Labute approximate surface area is 134 Å². The van der Waals surface area contributed by atoms with Crippen LogP contribution in [0.5, 0.6) is 0 Å². The van der Waals surface area contributed by atoms with Gasteiger partial charge in [0.25, 0.3) is 0 Å². The Kier molecular flexibility index (Phi) is 5.13. The SMILES string of the molecule is COC(=O)C(=NOS(=O)(=O)c1ccccc1C)c1ccccc1. The van der Waals surface area contributed by atoms with E-state index in [1.54, 1.807) is 55.5 Å². The van der Waals surface area contributed by atoms with Crippen LogP contribution in [0.25, 0.3) is 0 Å². The Hall–Kier alpha value is -2.67. The van der Waals surface area contributed by atoms with Crippen molar-refractivity contribution in [3.05, 3.63) is 65.7 Å². The molecule has 0 aliphatic heterocycles. The Morgan fingerprint density at radius 3 is 2.22 bits per heavy atom. The summed E-state index contributed by atoms with van der Waals surface area (Å²) in [7, 11) is -2.95. The zero-order valence-corrected chi connectivity index (χ0v) is 13.4. The van der Waals surface area contributed by atoms with Crippen molar-refractivity contribution in [2.75, 3.05) is 7.11 Å². The minimum atomic E-state index is -4.13. The van der Waals surface area contributed by atoms with Crippen molar-refractivity contribution < 1.29 is 22.2 Å². The number of hydrogen-bond donors (Lipinski definition) is 0. The molecular formula is C16H15NO5S. The fourth-order valence-corrected chi connectivity index (χ4v) is 2.82. The van der Waals surface area contributed by atoms with Gasteiger partial charge in [0.1, 0.15) is 4.90 Å². The highest BCUT2D eigenvalue weighted by molar-refractivity contribution is 7.86. The van der Waals surface area contributed by atoms with Crippen LogP contribution in [0, 0.1) is 6.92 Å². The third-order valence-electron chi connectivity index (χ3n) is 3.02. The molecule has 0 heterocycles. The van der Waals surface area contributed by atoms with Crippen LogP contribution < -0.4 is 0 Å². The van der Waals surface area contributed by atoms with Crippen LogP contribution in [0.3, 0.4) is 0 Å². The molecular weight excluding hydrogens is 318 g/mol. The summed E-state index contributed by atoms with van der Waals surface area (Å²) in [6, 6.07) is 14.6. The lowest BCUT2D eigenvalue weighted by molar-refractivity contribution is -0.132. The smallest absolute Gasteiger partial charge is 0.360 e. The van der Waals surface area contributed by atoms with Gasteiger partial charge in [0.2, 0.25) is 0 Å². The van der Waals surface area contributed by atoms with Gasteiger partial charge in [0, 0.05) is 5.56 Å². The highest BCUT2D eigenvalue weighted by atomic mass is 32.2. The molecule has 0 aromatic heterocycles. The largest absolute Gasteiger partial charge is 0.464 e. The maximum absolute atomic E-state index is 12.2. The number of methoxy groups -OCH3 is 1. The van der Waals surface area contributed by atoms with E-state index in [0.717, 1.165) is 0 Å². The van der Waals surface area contributed by atoms with Crippen LogP contribution in [0.4, 0.5) is 0 Å². The summed E-state index contributed by atoms with van der Waals surface area (Å²) in [6.07, 6.45) is 0. The van der Waals surface area contributed by atoms with Crippen LogP contribution in [-0.4, -0.2) is 27.2 Å². The third-order valence-corrected chi connectivity index (χ3v) is 4.28. The molecule has 0 aliphatic rings. The van der Waals surface area contributed by atoms with Gasteiger partial charge in [-0.2, -0.15) is 8.42 Å². The Balaban J connectivity index is 2.38. The van der Waals surface area contributed by atoms with Crippen molar-refractivity contribution >= 4 is 21.8 Å². The summed E-state index contributed by atoms with van der Waals surface area (Å²) in [5.74, 6) is -0.795. The number of oxime groups is 1. The highest BCUT2D eigenvalue weighted by Crippen LogP contribution is 2.17. The molecule has 0 unspecified atom stereocenters. The van der Waals surface area contributed by atoms with Gasteiger partial charge >= 0.3 is 16.1 Å². The fourth-order valence-electron chi connectivity index (χ4n) is 1.86. The molecule has 2 rings (SSSR count). The molecule has 7 heteroatoms. The van der Waals surface area contributed by atoms with Gasteiger partial charge in [0.05, 0.1) is 7.11 Å². The van der Waals surface area contributed by atoms with Crippen molar-refractivity contribution in [1.29, 1.82) is 0 Å². The number of carbonyl (C=O) groups is 1. The zero-order chi connectivity index (χ0) is 16.9. The van der Waals surface area contributed by atoms with E-state index in [0.29, 0.717) is 11.1 Å². The van der Waals surface area contributed by atoms with Crippen LogP contribution in [0.1, 0.15) is 11.1 Å². The number of esters is 1.